The van der Waals surface area contributed by atoms with E-state index in [0.29, 0.717) is 28.2 Å². The predicted octanol–water partition coefficient (Wildman–Crippen LogP) is 4.92. The lowest BCUT2D eigenvalue weighted by atomic mass is 10.1. The first-order valence-corrected chi connectivity index (χ1v) is 11.7. The fourth-order valence-corrected chi connectivity index (χ4v) is 4.54. The van der Waals surface area contributed by atoms with Crippen LogP contribution >= 0.6 is 11.3 Å². The quantitative estimate of drug-likeness (QED) is 0.154. The molecule has 0 aliphatic carbocycles. The molecular formula is C26H18N4O5S. The lowest BCUT2D eigenvalue weighted by Gasteiger charge is -2.09. The van der Waals surface area contributed by atoms with Crippen LogP contribution in [0.4, 0.5) is 5.69 Å². The average molecular weight is 499 g/mol. The van der Waals surface area contributed by atoms with Gasteiger partial charge in [0.15, 0.2) is 0 Å². The van der Waals surface area contributed by atoms with Crippen molar-refractivity contribution in [2.45, 2.75) is 6.54 Å². The number of para-hydroxylation sites is 1. The van der Waals surface area contributed by atoms with E-state index >= 15 is 0 Å². The van der Waals surface area contributed by atoms with Crippen molar-refractivity contribution in [1.29, 1.82) is 0 Å². The largest absolute Gasteiger partial charge is 0.507 e. The third kappa shape index (κ3) is 4.70. The van der Waals surface area contributed by atoms with Crippen molar-refractivity contribution in [3.05, 3.63) is 121 Å². The molecule has 0 amide bonds. The molecule has 5 aromatic rings. The SMILES string of the molecule is O=c1oc2ccccc2cc1-c1cs/c(=N\N=C\c2cc([N+](=O)[O-])ccc2O)n1Cc1ccccc1. The van der Waals surface area contributed by atoms with Crippen molar-refractivity contribution in [3.8, 4) is 17.0 Å². The molecule has 0 aliphatic rings. The first-order chi connectivity index (χ1) is 17.5. The van der Waals surface area contributed by atoms with Gasteiger partial charge in [0.2, 0.25) is 4.80 Å². The summed E-state index contributed by atoms with van der Waals surface area (Å²) in [5.41, 5.74) is 2.03. The summed E-state index contributed by atoms with van der Waals surface area (Å²) in [6.45, 7) is 0.419. The lowest BCUT2D eigenvalue weighted by molar-refractivity contribution is -0.384. The fourth-order valence-electron chi connectivity index (χ4n) is 3.68. The van der Waals surface area contributed by atoms with Gasteiger partial charge in [0.25, 0.3) is 5.69 Å². The summed E-state index contributed by atoms with van der Waals surface area (Å²) < 4.78 is 7.39. The monoisotopic (exact) mass is 498 g/mol. The Morgan fingerprint density at radius 2 is 1.83 bits per heavy atom. The molecule has 9 nitrogen and oxygen atoms in total. The summed E-state index contributed by atoms with van der Waals surface area (Å²) in [5.74, 6) is -0.155. The van der Waals surface area contributed by atoms with Crippen molar-refractivity contribution in [2.24, 2.45) is 10.2 Å². The first kappa shape index (κ1) is 22.9. The number of benzene rings is 3. The molecule has 0 radical (unpaired) electrons. The molecule has 5 rings (SSSR count). The van der Waals surface area contributed by atoms with Gasteiger partial charge in [0.05, 0.1) is 28.9 Å². The molecule has 2 aromatic heterocycles. The number of rotatable bonds is 6. The van der Waals surface area contributed by atoms with Crippen molar-refractivity contribution < 1.29 is 14.4 Å². The summed E-state index contributed by atoms with van der Waals surface area (Å²) in [4.78, 5) is 23.8. The zero-order valence-electron chi connectivity index (χ0n) is 18.6. The van der Waals surface area contributed by atoms with Gasteiger partial charge in [-0.25, -0.2) is 4.79 Å². The van der Waals surface area contributed by atoms with E-state index in [1.165, 1.54) is 35.8 Å². The highest BCUT2D eigenvalue weighted by Crippen LogP contribution is 2.23. The maximum absolute atomic E-state index is 12.9. The molecule has 1 N–H and O–H groups in total. The maximum atomic E-state index is 12.9. The van der Waals surface area contributed by atoms with Crippen LogP contribution < -0.4 is 10.4 Å². The van der Waals surface area contributed by atoms with Gasteiger partial charge >= 0.3 is 5.63 Å². The van der Waals surface area contributed by atoms with E-state index in [0.717, 1.165) is 10.9 Å². The molecule has 0 unspecified atom stereocenters. The Morgan fingerprint density at radius 3 is 2.64 bits per heavy atom. The van der Waals surface area contributed by atoms with Crippen LogP contribution in [0.3, 0.4) is 0 Å². The number of phenolic OH excluding ortho intramolecular Hbond substituents is 1. The van der Waals surface area contributed by atoms with Gasteiger partial charge in [-0.15, -0.1) is 16.4 Å². The summed E-state index contributed by atoms with van der Waals surface area (Å²) >= 11 is 1.28. The van der Waals surface area contributed by atoms with Crippen LogP contribution in [0.2, 0.25) is 0 Å². The molecule has 2 heterocycles. The van der Waals surface area contributed by atoms with Crippen molar-refractivity contribution in [1.82, 2.24) is 4.57 Å². The Morgan fingerprint density at radius 1 is 1.06 bits per heavy atom. The molecule has 178 valence electrons. The second kappa shape index (κ2) is 9.80. The van der Waals surface area contributed by atoms with Gasteiger partial charge in [-0.2, -0.15) is 5.10 Å². The zero-order chi connectivity index (χ0) is 25.1. The van der Waals surface area contributed by atoms with E-state index in [1.807, 2.05) is 52.4 Å². The van der Waals surface area contributed by atoms with Gasteiger partial charge in [-0.1, -0.05) is 48.5 Å². The van der Waals surface area contributed by atoms with Gasteiger partial charge in [-0.3, -0.25) is 10.1 Å². The summed E-state index contributed by atoms with van der Waals surface area (Å²) in [6.07, 6.45) is 1.25. The first-order valence-electron chi connectivity index (χ1n) is 10.8. The number of fused-ring (bicyclic) bond motifs is 1. The Bertz CT molecular complexity index is 1740. The van der Waals surface area contributed by atoms with Crippen LogP contribution in [0.25, 0.3) is 22.2 Å². The van der Waals surface area contributed by atoms with E-state index in [1.54, 1.807) is 18.2 Å². The normalized spacial score (nSPS) is 11.9. The van der Waals surface area contributed by atoms with Crippen molar-refractivity contribution in [2.75, 3.05) is 0 Å². The molecule has 0 atom stereocenters. The van der Waals surface area contributed by atoms with E-state index in [-0.39, 0.29) is 17.0 Å². The smallest absolute Gasteiger partial charge is 0.345 e. The van der Waals surface area contributed by atoms with Crippen LogP contribution in [-0.2, 0) is 6.54 Å². The zero-order valence-corrected chi connectivity index (χ0v) is 19.5. The maximum Gasteiger partial charge on any atom is 0.345 e. The number of aromatic hydroxyl groups is 1. The Hall–Kier alpha value is -4.83. The molecule has 0 spiro atoms. The number of nitro benzene ring substituents is 1. The minimum absolute atomic E-state index is 0.155. The van der Waals surface area contributed by atoms with Gasteiger partial charge in [0, 0.05) is 28.5 Å². The number of thiazole rings is 1. The van der Waals surface area contributed by atoms with Crippen molar-refractivity contribution in [3.63, 3.8) is 0 Å². The minimum Gasteiger partial charge on any atom is -0.507 e. The third-order valence-corrected chi connectivity index (χ3v) is 6.31. The fraction of sp³-hybridized carbons (Fsp3) is 0.0385. The molecule has 0 saturated heterocycles. The number of hydrogen-bond donors (Lipinski definition) is 1. The number of nitro groups is 1. The standard InChI is InChI=1S/C26H18N4O5S/c31-23-11-10-20(30(33)34)12-19(23)14-27-28-26-29(15-17-6-2-1-3-7-17)22(16-36-26)21-13-18-8-4-5-9-24(18)35-25(21)32/h1-14,16,31H,15H2/b27-14+,28-26-. The molecule has 0 aliphatic heterocycles. The summed E-state index contributed by atoms with van der Waals surface area (Å²) in [5, 5.41) is 32.0. The van der Waals surface area contributed by atoms with Crippen LogP contribution in [0.15, 0.2) is 104 Å². The molecule has 36 heavy (non-hydrogen) atoms. The highest BCUT2D eigenvalue weighted by Gasteiger charge is 2.15. The van der Waals surface area contributed by atoms with Crippen LogP contribution in [0.5, 0.6) is 5.75 Å². The lowest BCUT2D eigenvalue weighted by Crippen LogP contribution is -2.18. The Kier molecular flexibility index (Phi) is 6.25. The highest BCUT2D eigenvalue weighted by atomic mass is 32.1. The minimum atomic E-state index is -0.553. The van der Waals surface area contributed by atoms with Crippen LogP contribution in [-0.4, -0.2) is 20.8 Å². The summed E-state index contributed by atoms with van der Waals surface area (Å²) in [7, 11) is 0. The third-order valence-electron chi connectivity index (χ3n) is 5.46. The second-order valence-corrected chi connectivity index (χ2v) is 8.64. The average Bonchev–Trinajstić information content (AvgIpc) is 3.27. The second-order valence-electron chi connectivity index (χ2n) is 7.81. The van der Waals surface area contributed by atoms with E-state index in [9.17, 15) is 20.0 Å². The highest BCUT2D eigenvalue weighted by molar-refractivity contribution is 7.07. The van der Waals surface area contributed by atoms with Gasteiger partial charge in [-0.05, 0) is 23.8 Å². The van der Waals surface area contributed by atoms with E-state index in [4.69, 9.17) is 4.42 Å². The van der Waals surface area contributed by atoms with Crippen molar-refractivity contribution >= 4 is 34.2 Å². The molecule has 0 bridgehead atoms. The molecular weight excluding hydrogens is 480 g/mol. The molecule has 0 saturated carbocycles. The van der Waals surface area contributed by atoms with Crippen LogP contribution in [0.1, 0.15) is 11.1 Å². The van der Waals surface area contributed by atoms with E-state index < -0.39 is 10.5 Å². The van der Waals surface area contributed by atoms with E-state index in [2.05, 4.69) is 10.2 Å². The molecule has 3 aromatic carbocycles. The number of nitrogens with zero attached hydrogens (tertiary/aromatic N) is 4. The number of aromatic nitrogens is 1. The van der Waals surface area contributed by atoms with Crippen LogP contribution in [0, 0.1) is 10.1 Å². The van der Waals surface area contributed by atoms with Gasteiger partial charge < -0.3 is 14.1 Å². The molecule has 10 heteroatoms. The number of phenols is 1. The number of hydrogen-bond acceptors (Lipinski definition) is 8. The predicted molar refractivity (Wildman–Crippen MR) is 137 cm³/mol. The topological polar surface area (TPSA) is 123 Å². The summed E-state index contributed by atoms with van der Waals surface area (Å²) in [6, 6.07) is 22.4. The molecule has 0 fully saturated rings. The Labute approximate surface area is 207 Å². The Balaban J connectivity index is 1.61. The number of non-ortho nitro benzene ring substituents is 1. The van der Waals surface area contributed by atoms with Gasteiger partial charge in [0.1, 0.15) is 11.3 Å².